The van der Waals surface area contributed by atoms with Crippen LogP contribution in [-0.2, 0) is 9.59 Å². The molecule has 0 aliphatic carbocycles. The Kier molecular flexibility index (Phi) is 5.87. The lowest BCUT2D eigenvalue weighted by Crippen LogP contribution is -2.46. The molecule has 178 valence electrons. The van der Waals surface area contributed by atoms with Crippen molar-refractivity contribution in [2.24, 2.45) is 5.92 Å². The maximum atomic E-state index is 13.1. The molecule has 9 heteroatoms. The number of hydrogen-bond donors (Lipinski definition) is 1. The number of aryl methyl sites for hydroxylation is 1. The van der Waals surface area contributed by atoms with Crippen LogP contribution < -0.4 is 19.7 Å². The highest BCUT2D eigenvalue weighted by Crippen LogP contribution is 2.34. The number of carbonyl (C=O) groups excluding carboxylic acids is 3. The van der Waals surface area contributed by atoms with Gasteiger partial charge in [-0.25, -0.2) is 9.69 Å². The zero-order valence-corrected chi connectivity index (χ0v) is 19.3. The van der Waals surface area contributed by atoms with E-state index >= 15 is 0 Å². The van der Waals surface area contributed by atoms with Gasteiger partial charge in [-0.05, 0) is 51.0 Å². The van der Waals surface area contributed by atoms with Crippen molar-refractivity contribution < 1.29 is 23.9 Å². The summed E-state index contributed by atoms with van der Waals surface area (Å²) < 4.78 is 10.7. The normalized spacial score (nSPS) is 20.8. The van der Waals surface area contributed by atoms with Gasteiger partial charge in [-0.1, -0.05) is 17.7 Å². The number of carbonyl (C=O) groups is 3. The van der Waals surface area contributed by atoms with Crippen molar-refractivity contribution in [3.63, 3.8) is 0 Å². The zero-order valence-electron chi connectivity index (χ0n) is 19.3. The van der Waals surface area contributed by atoms with E-state index in [1.807, 2.05) is 31.2 Å². The van der Waals surface area contributed by atoms with Gasteiger partial charge in [-0.3, -0.25) is 19.4 Å². The average molecular weight is 465 g/mol. The molecule has 2 aromatic carbocycles. The van der Waals surface area contributed by atoms with E-state index in [0.29, 0.717) is 43.1 Å². The van der Waals surface area contributed by atoms with Gasteiger partial charge in [-0.2, -0.15) is 0 Å². The Hall–Kier alpha value is -3.59. The van der Waals surface area contributed by atoms with Gasteiger partial charge in [0.15, 0.2) is 11.5 Å². The first-order chi connectivity index (χ1) is 16.4. The molecular formula is C25H28N4O5. The molecule has 0 radical (unpaired) electrons. The van der Waals surface area contributed by atoms with Gasteiger partial charge >= 0.3 is 6.03 Å². The smallest absolute Gasteiger partial charge is 0.333 e. The van der Waals surface area contributed by atoms with E-state index in [9.17, 15) is 14.4 Å². The van der Waals surface area contributed by atoms with Gasteiger partial charge in [0.1, 0.15) is 6.04 Å². The SMILES string of the molecule is Cc1ccc(N2C(=O)N(CN3CCC(C(=O)Nc4ccc5c(c4)OCO5)CC3)C(=O)[C@H]2C)cc1. The first-order valence-electron chi connectivity index (χ1n) is 11.5. The number of urea groups is 1. The summed E-state index contributed by atoms with van der Waals surface area (Å²) in [5.41, 5.74) is 2.49. The minimum absolute atomic E-state index is 0.0361. The molecule has 1 N–H and O–H groups in total. The second-order valence-electron chi connectivity index (χ2n) is 9.02. The molecule has 9 nitrogen and oxygen atoms in total. The number of piperidine rings is 1. The number of benzene rings is 2. The topological polar surface area (TPSA) is 91.4 Å². The van der Waals surface area contributed by atoms with Crippen LogP contribution in [0.4, 0.5) is 16.2 Å². The van der Waals surface area contributed by atoms with Crippen molar-refractivity contribution in [1.29, 1.82) is 0 Å². The molecular weight excluding hydrogens is 436 g/mol. The summed E-state index contributed by atoms with van der Waals surface area (Å²) in [5.74, 6) is 0.933. The van der Waals surface area contributed by atoms with Crippen LogP contribution in [0, 0.1) is 12.8 Å². The Labute approximate surface area is 198 Å². The lowest BCUT2D eigenvalue weighted by molar-refractivity contribution is -0.129. The number of anilines is 2. The molecule has 0 spiro atoms. The molecule has 2 saturated heterocycles. The second kappa shape index (κ2) is 8.98. The number of nitrogens with zero attached hydrogens (tertiary/aromatic N) is 3. The lowest BCUT2D eigenvalue weighted by Gasteiger charge is -2.33. The quantitative estimate of drug-likeness (QED) is 0.684. The van der Waals surface area contributed by atoms with E-state index in [4.69, 9.17) is 9.47 Å². The summed E-state index contributed by atoms with van der Waals surface area (Å²) in [6.45, 7) is 5.43. The molecule has 2 aromatic rings. The van der Waals surface area contributed by atoms with Gasteiger partial charge in [0.05, 0.1) is 6.67 Å². The monoisotopic (exact) mass is 464 g/mol. The fourth-order valence-electron chi connectivity index (χ4n) is 4.65. The Morgan fingerprint density at radius 3 is 2.47 bits per heavy atom. The highest BCUT2D eigenvalue weighted by molar-refractivity contribution is 6.14. The highest BCUT2D eigenvalue weighted by atomic mass is 16.7. The summed E-state index contributed by atoms with van der Waals surface area (Å²) in [6.07, 6.45) is 1.31. The highest BCUT2D eigenvalue weighted by Gasteiger charge is 2.44. The molecule has 0 aromatic heterocycles. The van der Waals surface area contributed by atoms with E-state index in [1.54, 1.807) is 30.0 Å². The molecule has 4 amide bonds. The summed E-state index contributed by atoms with van der Waals surface area (Å²) in [5, 5.41) is 2.96. The molecule has 0 saturated carbocycles. The number of fused-ring (bicyclic) bond motifs is 1. The fraction of sp³-hybridized carbons (Fsp3) is 0.400. The largest absolute Gasteiger partial charge is 0.454 e. The van der Waals surface area contributed by atoms with Crippen LogP contribution in [0.25, 0.3) is 0 Å². The third kappa shape index (κ3) is 4.19. The predicted molar refractivity (Wildman–Crippen MR) is 126 cm³/mol. The van der Waals surface area contributed by atoms with E-state index in [1.165, 1.54) is 4.90 Å². The van der Waals surface area contributed by atoms with Crippen molar-refractivity contribution in [3.05, 3.63) is 48.0 Å². The van der Waals surface area contributed by atoms with Crippen molar-refractivity contribution >= 4 is 29.2 Å². The predicted octanol–water partition coefficient (Wildman–Crippen LogP) is 3.19. The number of nitrogens with one attached hydrogen (secondary N) is 1. The van der Waals surface area contributed by atoms with Gasteiger partial charge in [0, 0.05) is 36.4 Å². The third-order valence-corrected chi connectivity index (χ3v) is 6.70. The van der Waals surface area contributed by atoms with Crippen LogP contribution in [0.1, 0.15) is 25.3 Å². The maximum absolute atomic E-state index is 13.1. The first-order valence-corrected chi connectivity index (χ1v) is 11.5. The van der Waals surface area contributed by atoms with Gasteiger partial charge in [-0.15, -0.1) is 0 Å². The molecule has 34 heavy (non-hydrogen) atoms. The molecule has 1 atom stereocenters. The summed E-state index contributed by atoms with van der Waals surface area (Å²) in [6, 6.07) is 12.1. The number of ether oxygens (including phenoxy) is 2. The first kappa shape index (κ1) is 22.2. The summed E-state index contributed by atoms with van der Waals surface area (Å²) in [7, 11) is 0. The Balaban J connectivity index is 1.16. The van der Waals surface area contributed by atoms with E-state index in [2.05, 4.69) is 10.2 Å². The van der Waals surface area contributed by atoms with Crippen molar-refractivity contribution in [3.8, 4) is 11.5 Å². The van der Waals surface area contributed by atoms with E-state index in [0.717, 1.165) is 11.3 Å². The standard InChI is InChI=1S/C25H28N4O5/c1-16-3-6-20(7-4-16)29-17(2)24(31)28(25(29)32)14-27-11-9-18(10-12-27)23(30)26-19-5-8-21-22(13-19)34-15-33-21/h3-8,13,17-18H,9-12,14-15H2,1-2H3,(H,26,30)/t17-/m1/s1. The fourth-order valence-corrected chi connectivity index (χ4v) is 4.65. The average Bonchev–Trinajstić information content (AvgIpc) is 3.38. The molecule has 5 rings (SSSR count). The van der Waals surface area contributed by atoms with Gasteiger partial charge in [0.2, 0.25) is 12.7 Å². The summed E-state index contributed by atoms with van der Waals surface area (Å²) in [4.78, 5) is 43.6. The maximum Gasteiger partial charge on any atom is 0.333 e. The van der Waals surface area contributed by atoms with Crippen LogP contribution in [0.3, 0.4) is 0 Å². The van der Waals surface area contributed by atoms with Crippen molar-refractivity contribution in [2.45, 2.75) is 32.7 Å². The van der Waals surface area contributed by atoms with Crippen LogP contribution in [0.2, 0.25) is 0 Å². The zero-order chi connectivity index (χ0) is 23.8. The van der Waals surface area contributed by atoms with E-state index < -0.39 is 6.04 Å². The number of hydrogen-bond acceptors (Lipinski definition) is 6. The summed E-state index contributed by atoms with van der Waals surface area (Å²) >= 11 is 0. The number of amides is 4. The van der Waals surface area contributed by atoms with Crippen LogP contribution in [0.15, 0.2) is 42.5 Å². The number of imide groups is 1. The third-order valence-electron chi connectivity index (χ3n) is 6.70. The lowest BCUT2D eigenvalue weighted by atomic mass is 9.96. The number of rotatable bonds is 5. The minimum atomic E-state index is -0.541. The number of likely N-dealkylation sites (tertiary alicyclic amines) is 1. The molecule has 2 fully saturated rings. The van der Waals surface area contributed by atoms with E-state index in [-0.39, 0.29) is 37.2 Å². The Morgan fingerprint density at radius 1 is 1.03 bits per heavy atom. The Morgan fingerprint density at radius 2 is 1.74 bits per heavy atom. The minimum Gasteiger partial charge on any atom is -0.454 e. The van der Waals surface area contributed by atoms with Crippen LogP contribution >= 0.6 is 0 Å². The Bertz CT molecular complexity index is 1110. The molecule has 0 unspecified atom stereocenters. The van der Waals surface area contributed by atoms with Gasteiger partial charge < -0.3 is 14.8 Å². The molecule has 3 aliphatic heterocycles. The van der Waals surface area contributed by atoms with Crippen molar-refractivity contribution in [1.82, 2.24) is 9.80 Å². The van der Waals surface area contributed by atoms with Crippen LogP contribution in [0.5, 0.6) is 11.5 Å². The molecule has 3 heterocycles. The molecule has 0 bridgehead atoms. The van der Waals surface area contributed by atoms with Gasteiger partial charge in [0.25, 0.3) is 5.91 Å². The van der Waals surface area contributed by atoms with Crippen molar-refractivity contribution in [2.75, 3.05) is 36.8 Å². The molecule has 3 aliphatic rings. The second-order valence-corrected chi connectivity index (χ2v) is 9.02. The van der Waals surface area contributed by atoms with Crippen LogP contribution in [-0.4, -0.2) is 60.2 Å².